The molecule has 0 aliphatic heterocycles. The lowest BCUT2D eigenvalue weighted by Gasteiger charge is -2.09. The summed E-state index contributed by atoms with van der Waals surface area (Å²) < 4.78 is 33.6. The zero-order chi connectivity index (χ0) is 14.5. The van der Waals surface area contributed by atoms with Crippen molar-refractivity contribution in [2.75, 3.05) is 6.54 Å². The number of nitrogens with one attached hydrogen (secondary N) is 1. The smallest absolute Gasteiger partial charge is 0.256 e. The molecular formula is C14H13BrF2N2O. The molecule has 0 saturated carbocycles. The Hall–Kier alpha value is -1.53. The zero-order valence-corrected chi connectivity index (χ0v) is 12.4. The van der Waals surface area contributed by atoms with Crippen LogP contribution in [0, 0.1) is 11.6 Å². The lowest BCUT2D eigenvalue weighted by Crippen LogP contribution is -2.13. The molecule has 2 rings (SSSR count). The van der Waals surface area contributed by atoms with Gasteiger partial charge in [-0.2, -0.15) is 0 Å². The average molecular weight is 343 g/mol. The molecular weight excluding hydrogens is 330 g/mol. The van der Waals surface area contributed by atoms with Crippen LogP contribution < -0.4 is 10.1 Å². The maximum Gasteiger partial charge on any atom is 0.256 e. The van der Waals surface area contributed by atoms with Crippen LogP contribution in [0.3, 0.4) is 0 Å². The first kappa shape index (κ1) is 14.9. The van der Waals surface area contributed by atoms with Crippen LogP contribution in [0.2, 0.25) is 0 Å². The van der Waals surface area contributed by atoms with Gasteiger partial charge in [0.15, 0.2) is 17.4 Å². The number of hydrogen-bond donors (Lipinski definition) is 1. The van der Waals surface area contributed by atoms with Crippen molar-refractivity contribution in [1.29, 1.82) is 0 Å². The number of benzene rings is 1. The van der Waals surface area contributed by atoms with E-state index in [1.807, 2.05) is 6.92 Å². The van der Waals surface area contributed by atoms with E-state index in [2.05, 4.69) is 26.2 Å². The molecule has 6 heteroatoms. The molecule has 1 aromatic heterocycles. The largest absolute Gasteiger partial charge is 0.433 e. The highest BCUT2D eigenvalue weighted by atomic mass is 79.9. The van der Waals surface area contributed by atoms with Gasteiger partial charge in [-0.25, -0.2) is 13.8 Å². The highest BCUT2D eigenvalue weighted by molar-refractivity contribution is 9.10. The summed E-state index contributed by atoms with van der Waals surface area (Å²) >= 11 is 3.14. The van der Waals surface area contributed by atoms with Gasteiger partial charge in [0.05, 0.1) is 0 Å². The van der Waals surface area contributed by atoms with Gasteiger partial charge in [-0.3, -0.25) is 0 Å². The number of ether oxygens (including phenoxy) is 1. The second-order valence-corrected chi connectivity index (χ2v) is 4.96. The van der Waals surface area contributed by atoms with E-state index in [4.69, 9.17) is 4.74 Å². The van der Waals surface area contributed by atoms with E-state index in [-0.39, 0.29) is 11.6 Å². The molecule has 0 fully saturated rings. The Bertz CT molecular complexity index is 608. The van der Waals surface area contributed by atoms with E-state index in [0.717, 1.165) is 6.54 Å². The monoisotopic (exact) mass is 342 g/mol. The molecule has 0 aliphatic rings. The Kier molecular flexibility index (Phi) is 5.03. The first-order chi connectivity index (χ1) is 9.61. The normalized spacial score (nSPS) is 10.6. The Morgan fingerprint density at radius 3 is 2.80 bits per heavy atom. The van der Waals surface area contributed by atoms with Crippen molar-refractivity contribution in [3.05, 3.63) is 52.1 Å². The van der Waals surface area contributed by atoms with E-state index in [0.29, 0.717) is 16.6 Å². The number of halogens is 3. The van der Waals surface area contributed by atoms with Crippen LogP contribution >= 0.6 is 15.9 Å². The number of hydrogen-bond acceptors (Lipinski definition) is 3. The van der Waals surface area contributed by atoms with Crippen molar-refractivity contribution in [2.24, 2.45) is 0 Å². The van der Waals surface area contributed by atoms with Crippen molar-refractivity contribution < 1.29 is 13.5 Å². The maximum absolute atomic E-state index is 14.1. The van der Waals surface area contributed by atoms with Crippen molar-refractivity contribution in [3.63, 3.8) is 0 Å². The zero-order valence-electron chi connectivity index (χ0n) is 10.8. The molecule has 1 heterocycles. The fraction of sp³-hybridized carbons (Fsp3) is 0.214. The Morgan fingerprint density at radius 2 is 2.10 bits per heavy atom. The highest BCUT2D eigenvalue weighted by Crippen LogP contribution is 2.28. The van der Waals surface area contributed by atoms with Gasteiger partial charge in [0, 0.05) is 22.8 Å². The Morgan fingerprint density at radius 1 is 1.30 bits per heavy atom. The van der Waals surface area contributed by atoms with Crippen LogP contribution in [0.25, 0.3) is 0 Å². The molecule has 3 nitrogen and oxygen atoms in total. The van der Waals surface area contributed by atoms with Gasteiger partial charge in [0.2, 0.25) is 0 Å². The summed E-state index contributed by atoms with van der Waals surface area (Å²) in [6, 6.07) is 5.83. The number of pyridine rings is 1. The SMILES string of the molecule is CCNCc1ccnc(Oc2ccc(Br)cc2F)c1F. The molecule has 0 aliphatic carbocycles. The second kappa shape index (κ2) is 6.76. The van der Waals surface area contributed by atoms with Crippen molar-refractivity contribution in [1.82, 2.24) is 10.3 Å². The Labute approximate surface area is 124 Å². The minimum atomic E-state index is -0.587. The summed E-state index contributed by atoms with van der Waals surface area (Å²) in [6.07, 6.45) is 1.43. The first-order valence-electron chi connectivity index (χ1n) is 6.08. The number of rotatable bonds is 5. The molecule has 0 unspecified atom stereocenters. The van der Waals surface area contributed by atoms with Crippen LogP contribution in [0.5, 0.6) is 11.6 Å². The summed E-state index contributed by atoms with van der Waals surface area (Å²) in [5.74, 6) is -1.48. The summed E-state index contributed by atoms with van der Waals surface area (Å²) in [7, 11) is 0. The lowest BCUT2D eigenvalue weighted by molar-refractivity contribution is 0.394. The van der Waals surface area contributed by atoms with Gasteiger partial charge in [-0.15, -0.1) is 0 Å². The van der Waals surface area contributed by atoms with E-state index >= 15 is 0 Å². The second-order valence-electron chi connectivity index (χ2n) is 4.05. The highest BCUT2D eigenvalue weighted by Gasteiger charge is 2.13. The molecule has 2 aromatic rings. The molecule has 0 saturated heterocycles. The van der Waals surface area contributed by atoms with Crippen molar-refractivity contribution >= 4 is 15.9 Å². The predicted molar refractivity (Wildman–Crippen MR) is 75.7 cm³/mol. The number of aromatic nitrogens is 1. The molecule has 106 valence electrons. The maximum atomic E-state index is 14.1. The molecule has 1 N–H and O–H groups in total. The standard InChI is InChI=1S/C14H13BrF2N2O/c1-2-18-8-9-5-6-19-14(13(9)17)20-12-4-3-10(15)7-11(12)16/h3-7,18H,2,8H2,1H3. The van der Waals surface area contributed by atoms with E-state index in [9.17, 15) is 8.78 Å². The van der Waals surface area contributed by atoms with Gasteiger partial charge < -0.3 is 10.1 Å². The average Bonchev–Trinajstić information content (AvgIpc) is 2.42. The third kappa shape index (κ3) is 3.52. The van der Waals surface area contributed by atoms with Crippen LogP contribution in [-0.4, -0.2) is 11.5 Å². The van der Waals surface area contributed by atoms with Gasteiger partial charge in [-0.1, -0.05) is 22.9 Å². The molecule has 0 spiro atoms. The predicted octanol–water partition coefficient (Wildman–Crippen LogP) is 4.02. The minimum absolute atomic E-state index is 0.0693. The van der Waals surface area contributed by atoms with E-state index < -0.39 is 11.6 Å². The van der Waals surface area contributed by atoms with Crippen molar-refractivity contribution in [3.8, 4) is 11.6 Å². The Balaban J connectivity index is 2.24. The molecule has 0 bridgehead atoms. The topological polar surface area (TPSA) is 34.2 Å². The van der Waals surface area contributed by atoms with Crippen LogP contribution in [0.1, 0.15) is 12.5 Å². The fourth-order valence-corrected chi connectivity index (χ4v) is 1.92. The van der Waals surface area contributed by atoms with Crippen LogP contribution in [0.15, 0.2) is 34.9 Å². The van der Waals surface area contributed by atoms with Gasteiger partial charge in [-0.05, 0) is 30.8 Å². The minimum Gasteiger partial charge on any atom is -0.433 e. The lowest BCUT2D eigenvalue weighted by atomic mass is 10.2. The quantitative estimate of drug-likeness (QED) is 0.890. The van der Waals surface area contributed by atoms with E-state index in [1.54, 1.807) is 12.1 Å². The third-order valence-corrected chi connectivity index (χ3v) is 3.10. The molecule has 20 heavy (non-hydrogen) atoms. The van der Waals surface area contributed by atoms with Gasteiger partial charge >= 0.3 is 0 Å². The summed E-state index contributed by atoms with van der Waals surface area (Å²) in [5, 5.41) is 3.01. The van der Waals surface area contributed by atoms with Crippen LogP contribution in [0.4, 0.5) is 8.78 Å². The van der Waals surface area contributed by atoms with Crippen LogP contribution in [-0.2, 0) is 6.54 Å². The molecule has 0 atom stereocenters. The summed E-state index contributed by atoms with van der Waals surface area (Å²) in [4.78, 5) is 3.80. The first-order valence-corrected chi connectivity index (χ1v) is 6.88. The summed E-state index contributed by atoms with van der Waals surface area (Å²) in [6.45, 7) is 3.01. The molecule has 0 amide bonds. The fourth-order valence-electron chi connectivity index (χ4n) is 1.59. The molecule has 1 aromatic carbocycles. The third-order valence-electron chi connectivity index (χ3n) is 2.60. The van der Waals surface area contributed by atoms with E-state index in [1.165, 1.54) is 18.3 Å². The van der Waals surface area contributed by atoms with Gasteiger partial charge in [0.25, 0.3) is 5.88 Å². The van der Waals surface area contributed by atoms with Crippen molar-refractivity contribution in [2.45, 2.75) is 13.5 Å². The summed E-state index contributed by atoms with van der Waals surface area (Å²) in [5.41, 5.74) is 0.425. The molecule has 0 radical (unpaired) electrons. The van der Waals surface area contributed by atoms with Gasteiger partial charge in [0.1, 0.15) is 0 Å². The number of nitrogens with zero attached hydrogens (tertiary/aromatic N) is 1.